The Kier molecular flexibility index (Phi) is 4.53. The number of hydrogen-bond acceptors (Lipinski definition) is 7. The molecule has 4 aromatic rings. The van der Waals surface area contributed by atoms with Crippen molar-refractivity contribution in [1.82, 2.24) is 15.0 Å². The zero-order valence-corrected chi connectivity index (χ0v) is 17.9. The van der Waals surface area contributed by atoms with Crippen LogP contribution in [0.2, 0.25) is 0 Å². The predicted molar refractivity (Wildman–Crippen MR) is 117 cm³/mol. The lowest BCUT2D eigenvalue weighted by Gasteiger charge is -2.30. The summed E-state index contributed by atoms with van der Waals surface area (Å²) >= 11 is 3.16. The summed E-state index contributed by atoms with van der Waals surface area (Å²) in [5.41, 5.74) is 2.29. The van der Waals surface area contributed by atoms with Crippen molar-refractivity contribution in [1.29, 1.82) is 0 Å². The van der Waals surface area contributed by atoms with Crippen molar-refractivity contribution in [3.8, 4) is 11.4 Å². The van der Waals surface area contributed by atoms with Crippen LogP contribution in [0.5, 0.6) is 0 Å². The zero-order valence-electron chi connectivity index (χ0n) is 15.4. The molecule has 0 saturated carbocycles. The van der Waals surface area contributed by atoms with E-state index in [1.807, 2.05) is 25.1 Å². The number of anilines is 1. The molecular weight excluding hydrogens is 424 g/mol. The van der Waals surface area contributed by atoms with Crippen LogP contribution >= 0.6 is 23.1 Å². The van der Waals surface area contributed by atoms with Crippen molar-refractivity contribution in [3.05, 3.63) is 59.9 Å². The highest BCUT2D eigenvalue weighted by molar-refractivity contribution is 8.00. The van der Waals surface area contributed by atoms with Crippen LogP contribution in [0, 0.1) is 6.92 Å². The number of hydrogen-bond donors (Lipinski definition) is 0. The summed E-state index contributed by atoms with van der Waals surface area (Å²) in [6, 6.07) is 12.6. The normalized spacial score (nSPS) is 14.2. The largest absolute Gasteiger partial charge is 0.264 e. The number of fused-ring (bicyclic) bond motifs is 2. The minimum atomic E-state index is -3.70. The molecule has 9 heteroatoms. The predicted octanol–water partition coefficient (Wildman–Crippen LogP) is 4.36. The van der Waals surface area contributed by atoms with Gasteiger partial charge in [0.25, 0.3) is 10.0 Å². The van der Waals surface area contributed by atoms with Crippen molar-refractivity contribution in [2.24, 2.45) is 0 Å². The molecule has 5 rings (SSSR count). The van der Waals surface area contributed by atoms with E-state index < -0.39 is 10.0 Å². The molecule has 0 aliphatic carbocycles. The van der Waals surface area contributed by atoms with Crippen LogP contribution in [0.1, 0.15) is 5.01 Å². The summed E-state index contributed by atoms with van der Waals surface area (Å²) in [4.78, 5) is 14.2. The molecule has 2 aromatic carbocycles. The van der Waals surface area contributed by atoms with E-state index >= 15 is 0 Å². The smallest absolute Gasteiger partial charge is 0.264 e. The topological polar surface area (TPSA) is 76.1 Å². The molecule has 0 N–H and O–H groups in total. The first-order valence-electron chi connectivity index (χ1n) is 8.96. The summed E-state index contributed by atoms with van der Waals surface area (Å²) in [5.74, 6) is 1.28. The maximum absolute atomic E-state index is 13.5. The third-order valence-corrected chi connectivity index (χ3v) is 8.44. The van der Waals surface area contributed by atoms with Gasteiger partial charge in [0.1, 0.15) is 0 Å². The van der Waals surface area contributed by atoms with Crippen LogP contribution in [0.25, 0.3) is 21.6 Å². The Balaban J connectivity index is 1.61. The van der Waals surface area contributed by atoms with Crippen LogP contribution in [-0.2, 0) is 10.0 Å². The second-order valence-corrected chi connectivity index (χ2v) is 10.8. The van der Waals surface area contributed by atoms with Gasteiger partial charge in [-0.3, -0.25) is 4.31 Å². The summed E-state index contributed by atoms with van der Waals surface area (Å²) in [6.07, 6.45) is 3.36. The van der Waals surface area contributed by atoms with E-state index in [0.29, 0.717) is 23.8 Å². The quantitative estimate of drug-likeness (QED) is 0.471. The van der Waals surface area contributed by atoms with Gasteiger partial charge >= 0.3 is 0 Å². The molecule has 0 fully saturated rings. The lowest BCUT2D eigenvalue weighted by molar-refractivity contribution is 0.591. The highest BCUT2D eigenvalue weighted by Crippen LogP contribution is 2.40. The summed E-state index contributed by atoms with van der Waals surface area (Å²) in [5, 5.41) is 0.918. The Morgan fingerprint density at radius 2 is 1.90 bits per heavy atom. The maximum atomic E-state index is 13.5. The Labute approximate surface area is 176 Å². The Bertz CT molecular complexity index is 1320. The van der Waals surface area contributed by atoms with Crippen LogP contribution in [0.3, 0.4) is 0 Å². The van der Waals surface area contributed by atoms with Crippen LogP contribution in [0.15, 0.2) is 64.6 Å². The lowest BCUT2D eigenvalue weighted by Crippen LogP contribution is -2.35. The minimum absolute atomic E-state index is 0.285. The van der Waals surface area contributed by atoms with Crippen molar-refractivity contribution in [2.45, 2.75) is 16.7 Å². The second kappa shape index (κ2) is 7.08. The Morgan fingerprint density at radius 3 is 2.72 bits per heavy atom. The number of rotatable bonds is 3. The van der Waals surface area contributed by atoms with Crippen molar-refractivity contribution >= 4 is 49.0 Å². The highest BCUT2D eigenvalue weighted by atomic mass is 32.2. The van der Waals surface area contributed by atoms with Gasteiger partial charge in [0, 0.05) is 35.2 Å². The fourth-order valence-electron chi connectivity index (χ4n) is 3.34. The molecule has 2 aromatic heterocycles. The number of thioether (sulfide) groups is 1. The second-order valence-electron chi connectivity index (χ2n) is 6.54. The zero-order chi connectivity index (χ0) is 20.0. The van der Waals surface area contributed by atoms with Gasteiger partial charge < -0.3 is 0 Å². The molecule has 146 valence electrons. The third kappa shape index (κ3) is 3.29. The average molecular weight is 441 g/mol. The summed E-state index contributed by atoms with van der Waals surface area (Å²) < 4.78 is 29.4. The molecule has 0 atom stereocenters. The maximum Gasteiger partial charge on any atom is 0.264 e. The molecule has 0 bridgehead atoms. The van der Waals surface area contributed by atoms with Gasteiger partial charge in [0.15, 0.2) is 5.82 Å². The van der Waals surface area contributed by atoms with E-state index in [1.165, 1.54) is 15.6 Å². The SMILES string of the molecule is Cc1nc2ccc(S(=O)(=O)N3CCSc4ccc(-c5ncccn5)cc43)cc2s1. The molecule has 0 radical (unpaired) electrons. The lowest BCUT2D eigenvalue weighted by atomic mass is 10.2. The number of benzene rings is 2. The van der Waals surface area contributed by atoms with Crippen LogP contribution in [0.4, 0.5) is 5.69 Å². The van der Waals surface area contributed by atoms with Crippen molar-refractivity contribution in [2.75, 3.05) is 16.6 Å². The number of sulfonamides is 1. The van der Waals surface area contributed by atoms with Crippen LogP contribution in [-0.4, -0.2) is 35.7 Å². The van der Waals surface area contributed by atoms with E-state index in [4.69, 9.17) is 0 Å². The molecular formula is C20H16N4O2S3. The molecule has 6 nitrogen and oxygen atoms in total. The molecule has 1 aliphatic heterocycles. The summed E-state index contributed by atoms with van der Waals surface area (Å²) in [6.45, 7) is 2.34. The van der Waals surface area contributed by atoms with E-state index in [9.17, 15) is 8.42 Å². The first-order chi connectivity index (χ1) is 14.0. The number of aryl methyl sites for hydroxylation is 1. The van der Waals surface area contributed by atoms with Gasteiger partial charge in [-0.05, 0) is 49.4 Å². The molecule has 0 saturated heterocycles. The van der Waals surface area contributed by atoms with Crippen molar-refractivity contribution in [3.63, 3.8) is 0 Å². The van der Waals surface area contributed by atoms with E-state index in [-0.39, 0.29) is 4.90 Å². The van der Waals surface area contributed by atoms with E-state index in [1.54, 1.807) is 48.4 Å². The summed E-state index contributed by atoms with van der Waals surface area (Å²) in [7, 11) is -3.70. The van der Waals surface area contributed by atoms with Crippen LogP contribution < -0.4 is 4.31 Å². The molecule has 0 spiro atoms. The van der Waals surface area contributed by atoms with Gasteiger partial charge in [0.05, 0.1) is 25.8 Å². The standard InChI is InChI=1S/C20H16N4O2S3/c1-13-23-16-5-4-15(12-19(16)28-13)29(25,26)24-9-10-27-18-6-3-14(11-17(18)24)20-21-7-2-8-22-20/h2-8,11-12H,9-10H2,1H3. The fourth-order valence-corrected chi connectivity index (χ4v) is 6.93. The highest BCUT2D eigenvalue weighted by Gasteiger charge is 2.30. The van der Waals surface area contributed by atoms with Crippen molar-refractivity contribution < 1.29 is 8.42 Å². The monoisotopic (exact) mass is 440 g/mol. The third-order valence-electron chi connectivity index (χ3n) is 4.66. The molecule has 29 heavy (non-hydrogen) atoms. The Hall–Kier alpha value is -2.49. The molecule has 3 heterocycles. The van der Waals surface area contributed by atoms with E-state index in [0.717, 1.165) is 25.7 Å². The molecule has 0 unspecified atom stereocenters. The Morgan fingerprint density at radius 1 is 1.07 bits per heavy atom. The first-order valence-corrected chi connectivity index (χ1v) is 12.2. The van der Waals surface area contributed by atoms with Gasteiger partial charge in [-0.15, -0.1) is 23.1 Å². The first kappa shape index (κ1) is 18.5. The number of thiazole rings is 1. The van der Waals surface area contributed by atoms with Gasteiger partial charge in [-0.25, -0.2) is 23.4 Å². The van der Waals surface area contributed by atoms with Gasteiger partial charge in [0.2, 0.25) is 0 Å². The van der Waals surface area contributed by atoms with Gasteiger partial charge in [-0.2, -0.15) is 0 Å². The van der Waals surface area contributed by atoms with E-state index in [2.05, 4.69) is 15.0 Å². The molecule has 0 amide bonds. The molecule has 1 aliphatic rings. The average Bonchev–Trinajstić information content (AvgIpc) is 3.12. The van der Waals surface area contributed by atoms with Gasteiger partial charge in [-0.1, -0.05) is 0 Å². The number of aromatic nitrogens is 3. The minimum Gasteiger partial charge on any atom is -0.264 e. The number of nitrogens with zero attached hydrogens (tertiary/aromatic N) is 4. The fraction of sp³-hybridized carbons (Fsp3) is 0.150.